The van der Waals surface area contributed by atoms with Crippen LogP contribution in [0.2, 0.25) is 0 Å². The monoisotopic (exact) mass is 223 g/mol. The number of para-hydroxylation sites is 1. The van der Waals surface area contributed by atoms with E-state index in [0.717, 1.165) is 24.0 Å². The van der Waals surface area contributed by atoms with Gasteiger partial charge in [-0.15, -0.1) is 0 Å². The van der Waals surface area contributed by atoms with E-state index in [9.17, 15) is 0 Å². The predicted octanol–water partition coefficient (Wildman–Crippen LogP) is 2.71. The van der Waals surface area contributed by atoms with Gasteiger partial charge in [-0.1, -0.05) is 12.1 Å². The molecule has 0 saturated carbocycles. The molecule has 1 aromatic heterocycles. The minimum Gasteiger partial charge on any atom is -0.370 e. The lowest BCUT2D eigenvalue weighted by Gasteiger charge is -2.18. The van der Waals surface area contributed by atoms with Gasteiger partial charge in [0.05, 0.1) is 16.8 Å². The van der Waals surface area contributed by atoms with Gasteiger partial charge in [-0.2, -0.15) is 5.26 Å². The van der Waals surface area contributed by atoms with Crippen molar-refractivity contribution in [3.8, 4) is 6.07 Å². The molecule has 1 aliphatic rings. The molecule has 0 aliphatic carbocycles. The van der Waals surface area contributed by atoms with Crippen molar-refractivity contribution in [2.75, 3.05) is 18.0 Å². The third kappa shape index (κ3) is 1.72. The van der Waals surface area contributed by atoms with Gasteiger partial charge < -0.3 is 4.90 Å². The van der Waals surface area contributed by atoms with Crippen LogP contribution in [-0.2, 0) is 0 Å². The Labute approximate surface area is 100 Å². The Balaban J connectivity index is 2.16. The van der Waals surface area contributed by atoms with E-state index in [0.29, 0.717) is 5.56 Å². The van der Waals surface area contributed by atoms with E-state index < -0.39 is 0 Å². The van der Waals surface area contributed by atoms with Crippen LogP contribution >= 0.6 is 0 Å². The van der Waals surface area contributed by atoms with Crippen LogP contribution in [0.1, 0.15) is 18.4 Å². The van der Waals surface area contributed by atoms with Gasteiger partial charge in [0.2, 0.25) is 0 Å². The molecule has 3 rings (SSSR count). The topological polar surface area (TPSA) is 39.9 Å². The number of anilines is 1. The molecule has 3 nitrogen and oxygen atoms in total. The lowest BCUT2D eigenvalue weighted by atomic mass is 10.1. The van der Waals surface area contributed by atoms with Gasteiger partial charge in [0.25, 0.3) is 0 Å². The molecule has 1 fully saturated rings. The maximum atomic E-state index is 8.88. The van der Waals surface area contributed by atoms with Gasteiger partial charge in [-0.25, -0.2) is 0 Å². The Kier molecular flexibility index (Phi) is 2.41. The van der Waals surface area contributed by atoms with E-state index in [-0.39, 0.29) is 0 Å². The summed E-state index contributed by atoms with van der Waals surface area (Å²) in [5, 5.41) is 9.93. The molecule has 17 heavy (non-hydrogen) atoms. The number of rotatable bonds is 1. The van der Waals surface area contributed by atoms with Crippen molar-refractivity contribution in [2.45, 2.75) is 12.8 Å². The fraction of sp³-hybridized carbons (Fsp3) is 0.286. The normalized spacial score (nSPS) is 15.1. The minimum absolute atomic E-state index is 0.621. The molecule has 0 atom stereocenters. The van der Waals surface area contributed by atoms with Crippen LogP contribution in [-0.4, -0.2) is 18.1 Å². The van der Waals surface area contributed by atoms with Crippen molar-refractivity contribution in [3.05, 3.63) is 36.0 Å². The molecule has 84 valence electrons. The van der Waals surface area contributed by atoms with E-state index in [1.807, 2.05) is 18.2 Å². The number of hydrogen-bond donors (Lipinski definition) is 0. The number of nitrogens with zero attached hydrogens (tertiary/aromatic N) is 3. The summed E-state index contributed by atoms with van der Waals surface area (Å²) in [5.74, 6) is 0. The molecule has 0 radical (unpaired) electrons. The highest BCUT2D eigenvalue weighted by Crippen LogP contribution is 2.28. The fourth-order valence-electron chi connectivity index (χ4n) is 2.42. The molecule has 1 aliphatic heterocycles. The summed E-state index contributed by atoms with van der Waals surface area (Å²) < 4.78 is 0. The zero-order valence-corrected chi connectivity index (χ0v) is 9.56. The van der Waals surface area contributed by atoms with Crippen LogP contribution in [0, 0.1) is 11.3 Å². The van der Waals surface area contributed by atoms with Crippen LogP contribution in [0.3, 0.4) is 0 Å². The van der Waals surface area contributed by atoms with Crippen LogP contribution in [0.5, 0.6) is 0 Å². The molecule has 0 amide bonds. The van der Waals surface area contributed by atoms with Crippen molar-refractivity contribution >= 4 is 16.6 Å². The number of hydrogen-bond acceptors (Lipinski definition) is 3. The second-order valence-corrected chi connectivity index (χ2v) is 4.38. The molecule has 0 spiro atoms. The zero-order chi connectivity index (χ0) is 11.7. The Morgan fingerprint density at radius 3 is 2.82 bits per heavy atom. The Bertz CT molecular complexity index is 592. The molecule has 1 saturated heterocycles. The van der Waals surface area contributed by atoms with E-state index in [4.69, 9.17) is 5.26 Å². The first-order valence-corrected chi connectivity index (χ1v) is 5.92. The Morgan fingerprint density at radius 1 is 1.24 bits per heavy atom. The molecule has 2 heterocycles. The molecule has 0 bridgehead atoms. The first-order valence-electron chi connectivity index (χ1n) is 5.92. The summed E-state index contributed by atoms with van der Waals surface area (Å²) in [6.45, 7) is 2.22. The number of benzene rings is 1. The fourth-order valence-corrected chi connectivity index (χ4v) is 2.42. The van der Waals surface area contributed by atoms with E-state index in [2.05, 4.69) is 22.0 Å². The van der Waals surface area contributed by atoms with Crippen molar-refractivity contribution in [1.29, 1.82) is 5.26 Å². The average molecular weight is 223 g/mol. The second kappa shape index (κ2) is 4.06. The first-order chi connectivity index (χ1) is 8.38. The molecule has 3 heteroatoms. The van der Waals surface area contributed by atoms with Gasteiger partial charge in [0.1, 0.15) is 6.07 Å². The third-order valence-corrected chi connectivity index (χ3v) is 3.27. The maximum Gasteiger partial charge on any atom is 0.101 e. The Hall–Kier alpha value is -2.08. The van der Waals surface area contributed by atoms with E-state index in [1.54, 1.807) is 6.20 Å². The van der Waals surface area contributed by atoms with Crippen LogP contribution in [0.25, 0.3) is 10.9 Å². The predicted molar refractivity (Wildman–Crippen MR) is 67.9 cm³/mol. The second-order valence-electron chi connectivity index (χ2n) is 4.38. The SMILES string of the molecule is N#Cc1cnc2c(N3CCCC3)cccc2c1. The average Bonchev–Trinajstić information content (AvgIpc) is 2.91. The summed E-state index contributed by atoms with van der Waals surface area (Å²) in [6, 6.07) is 10.2. The summed E-state index contributed by atoms with van der Waals surface area (Å²) in [6.07, 6.45) is 4.17. The molecule has 0 N–H and O–H groups in total. The smallest absolute Gasteiger partial charge is 0.101 e. The first kappa shape index (κ1) is 10.1. The van der Waals surface area contributed by atoms with Gasteiger partial charge in [0.15, 0.2) is 0 Å². The van der Waals surface area contributed by atoms with Crippen molar-refractivity contribution in [2.24, 2.45) is 0 Å². The summed E-state index contributed by atoms with van der Waals surface area (Å²) in [4.78, 5) is 6.81. The van der Waals surface area contributed by atoms with Crippen LogP contribution < -0.4 is 4.90 Å². The van der Waals surface area contributed by atoms with Gasteiger partial charge >= 0.3 is 0 Å². The van der Waals surface area contributed by atoms with Crippen molar-refractivity contribution in [3.63, 3.8) is 0 Å². The summed E-state index contributed by atoms with van der Waals surface area (Å²) in [5.41, 5.74) is 2.83. The van der Waals surface area contributed by atoms with Crippen molar-refractivity contribution < 1.29 is 0 Å². The number of aromatic nitrogens is 1. The Morgan fingerprint density at radius 2 is 2.06 bits per heavy atom. The molecular weight excluding hydrogens is 210 g/mol. The van der Waals surface area contributed by atoms with E-state index in [1.165, 1.54) is 18.5 Å². The van der Waals surface area contributed by atoms with Crippen LogP contribution in [0.15, 0.2) is 30.5 Å². The number of nitriles is 1. The third-order valence-electron chi connectivity index (χ3n) is 3.27. The highest BCUT2D eigenvalue weighted by atomic mass is 15.1. The standard InChI is InChI=1S/C14H13N3/c15-9-11-8-12-4-3-5-13(14(12)16-10-11)17-6-1-2-7-17/h3-5,8,10H,1-2,6-7H2. The van der Waals surface area contributed by atoms with Crippen molar-refractivity contribution in [1.82, 2.24) is 4.98 Å². The molecule has 1 aromatic carbocycles. The number of pyridine rings is 1. The molecule has 2 aromatic rings. The maximum absolute atomic E-state index is 8.88. The quantitative estimate of drug-likeness (QED) is 0.746. The minimum atomic E-state index is 0.621. The van der Waals surface area contributed by atoms with E-state index >= 15 is 0 Å². The van der Waals surface area contributed by atoms with Gasteiger partial charge in [-0.05, 0) is 25.0 Å². The molecular formula is C14H13N3. The highest BCUT2D eigenvalue weighted by molar-refractivity contribution is 5.91. The molecule has 0 unspecified atom stereocenters. The largest absolute Gasteiger partial charge is 0.370 e. The van der Waals surface area contributed by atoms with Gasteiger partial charge in [0, 0.05) is 24.7 Å². The zero-order valence-electron chi connectivity index (χ0n) is 9.56. The summed E-state index contributed by atoms with van der Waals surface area (Å²) in [7, 11) is 0. The summed E-state index contributed by atoms with van der Waals surface area (Å²) >= 11 is 0. The highest BCUT2D eigenvalue weighted by Gasteiger charge is 2.15. The lowest BCUT2D eigenvalue weighted by molar-refractivity contribution is 0.949. The lowest BCUT2D eigenvalue weighted by Crippen LogP contribution is -2.18. The van der Waals surface area contributed by atoms with Crippen LogP contribution in [0.4, 0.5) is 5.69 Å². The van der Waals surface area contributed by atoms with Gasteiger partial charge in [-0.3, -0.25) is 4.98 Å². The number of fused-ring (bicyclic) bond motifs is 1.